The highest BCUT2D eigenvalue weighted by molar-refractivity contribution is 7.98. The summed E-state index contributed by atoms with van der Waals surface area (Å²) < 4.78 is 0. The number of ketones is 2. The lowest BCUT2D eigenvalue weighted by atomic mass is 9.84. The van der Waals surface area contributed by atoms with Crippen molar-refractivity contribution in [2.45, 2.75) is 129 Å². The normalized spacial score (nSPS) is 12.4. The fraction of sp³-hybridized carbons (Fsp3) is 0.550. The van der Waals surface area contributed by atoms with Gasteiger partial charge in [-0.2, -0.15) is 23.5 Å². The zero-order valence-electron chi connectivity index (χ0n) is 29.6. The van der Waals surface area contributed by atoms with Gasteiger partial charge in [0.2, 0.25) is 0 Å². The third kappa shape index (κ3) is 21.1. The van der Waals surface area contributed by atoms with E-state index < -0.39 is 0 Å². The molecule has 0 aromatic heterocycles. The van der Waals surface area contributed by atoms with E-state index in [0.717, 1.165) is 22.6 Å². The SMILES string of the molecule is CCCCCCCCSCc1cc(CSCCCCCCCC)c(O)c(C(C)(C)C)c1.O=C1C=CC(=O)C=C1.Oc1ccc(O)cc1. The van der Waals surface area contributed by atoms with Crippen molar-refractivity contribution in [2.75, 3.05) is 11.5 Å². The van der Waals surface area contributed by atoms with Gasteiger partial charge in [0.05, 0.1) is 0 Å². The summed E-state index contributed by atoms with van der Waals surface area (Å²) in [5.74, 6) is 5.08. The molecular weight excluding hydrogens is 625 g/mol. The molecule has 0 fully saturated rings. The number of phenols is 3. The van der Waals surface area contributed by atoms with E-state index in [0.29, 0.717) is 5.75 Å². The number of rotatable bonds is 18. The Bertz CT molecular complexity index is 1150. The molecule has 0 aliphatic heterocycles. The van der Waals surface area contributed by atoms with Crippen LogP contribution in [0.4, 0.5) is 0 Å². The summed E-state index contributed by atoms with van der Waals surface area (Å²) in [6.07, 6.45) is 21.3. The first-order chi connectivity index (χ1) is 22.5. The van der Waals surface area contributed by atoms with Crippen LogP contribution in [-0.4, -0.2) is 38.4 Å². The zero-order chi connectivity index (χ0) is 34.9. The van der Waals surface area contributed by atoms with Gasteiger partial charge in [-0.1, -0.05) is 111 Å². The van der Waals surface area contributed by atoms with Crippen LogP contribution in [0.15, 0.2) is 60.7 Å². The molecule has 0 unspecified atom stereocenters. The van der Waals surface area contributed by atoms with Gasteiger partial charge in [-0.25, -0.2) is 0 Å². The quantitative estimate of drug-likeness (QED) is 0.0817. The maximum atomic E-state index is 10.9. The minimum absolute atomic E-state index is 0.0251. The van der Waals surface area contributed by atoms with Gasteiger partial charge in [-0.05, 0) is 89.5 Å². The van der Waals surface area contributed by atoms with Crippen LogP contribution < -0.4 is 0 Å². The lowest BCUT2D eigenvalue weighted by Crippen LogP contribution is -2.13. The minimum Gasteiger partial charge on any atom is -0.508 e. The van der Waals surface area contributed by atoms with Crippen molar-refractivity contribution >= 4 is 35.1 Å². The van der Waals surface area contributed by atoms with Gasteiger partial charge in [0.25, 0.3) is 0 Å². The fourth-order valence-electron chi connectivity index (χ4n) is 4.76. The molecule has 47 heavy (non-hydrogen) atoms. The Balaban J connectivity index is 0.000000552. The third-order valence-corrected chi connectivity index (χ3v) is 9.75. The Labute approximate surface area is 293 Å². The standard InChI is InChI=1S/C28H50OS2.C6H6O2.C6H4O2/c1-6-8-10-12-14-16-18-30-22-24-20-25(27(29)26(21-24)28(3,4)5)23-31-19-17-15-13-11-9-7-2;2*7-5-1-2-6(8)4-3-5/h20-21,29H,6-19,22-23H2,1-5H3;1-4,7-8H;1-4H. The summed E-state index contributed by atoms with van der Waals surface area (Å²) in [5, 5.41) is 28.2. The van der Waals surface area contributed by atoms with E-state index in [2.05, 4.69) is 58.5 Å². The Kier molecular flexibility index (Phi) is 22.9. The molecule has 262 valence electrons. The maximum Gasteiger partial charge on any atom is 0.178 e. The summed E-state index contributed by atoms with van der Waals surface area (Å²) in [6, 6.07) is 10.2. The first-order valence-corrected chi connectivity index (χ1v) is 19.7. The number of hydrogen-bond acceptors (Lipinski definition) is 7. The molecule has 7 heteroatoms. The van der Waals surface area contributed by atoms with Gasteiger partial charge in [-0.3, -0.25) is 9.59 Å². The predicted molar refractivity (Wildman–Crippen MR) is 204 cm³/mol. The molecule has 2 aromatic rings. The predicted octanol–water partition coefficient (Wildman–Crippen LogP) is 11.2. The minimum atomic E-state index is -0.121. The molecular formula is C40H60O5S2. The van der Waals surface area contributed by atoms with Crippen LogP contribution in [0.1, 0.15) is 128 Å². The summed E-state index contributed by atoms with van der Waals surface area (Å²) in [7, 11) is 0. The smallest absolute Gasteiger partial charge is 0.178 e. The van der Waals surface area contributed by atoms with Crippen LogP contribution in [0.25, 0.3) is 0 Å². The number of carbonyl (C=O) groups is 2. The number of hydrogen-bond donors (Lipinski definition) is 3. The van der Waals surface area contributed by atoms with Crippen molar-refractivity contribution in [1.82, 2.24) is 0 Å². The molecule has 0 atom stereocenters. The first-order valence-electron chi connectivity index (χ1n) is 17.4. The molecule has 2 aromatic carbocycles. The Morgan fingerprint density at radius 2 is 0.979 bits per heavy atom. The first kappa shape index (κ1) is 42.4. The van der Waals surface area contributed by atoms with Crippen molar-refractivity contribution in [3.05, 3.63) is 77.4 Å². The highest BCUT2D eigenvalue weighted by Gasteiger charge is 2.21. The van der Waals surface area contributed by atoms with Gasteiger partial charge in [0.1, 0.15) is 17.2 Å². The van der Waals surface area contributed by atoms with E-state index in [-0.39, 0.29) is 28.5 Å². The average Bonchev–Trinajstić information content (AvgIpc) is 3.04. The van der Waals surface area contributed by atoms with E-state index in [1.54, 1.807) is 0 Å². The third-order valence-electron chi connectivity index (χ3n) is 7.54. The number of thioether (sulfide) groups is 2. The van der Waals surface area contributed by atoms with Gasteiger partial charge in [0, 0.05) is 17.1 Å². The summed E-state index contributed by atoms with van der Waals surface area (Å²) in [4.78, 5) is 20.6. The van der Waals surface area contributed by atoms with E-state index in [4.69, 9.17) is 10.2 Å². The molecule has 0 saturated carbocycles. The molecule has 5 nitrogen and oxygen atoms in total. The van der Waals surface area contributed by atoms with Crippen LogP contribution in [-0.2, 0) is 26.5 Å². The molecule has 0 spiro atoms. The second-order valence-electron chi connectivity index (χ2n) is 13.0. The average molecular weight is 685 g/mol. The van der Waals surface area contributed by atoms with E-state index in [9.17, 15) is 14.7 Å². The van der Waals surface area contributed by atoms with Crippen LogP contribution >= 0.6 is 23.5 Å². The molecule has 3 N–H and O–H groups in total. The van der Waals surface area contributed by atoms with E-state index >= 15 is 0 Å². The lowest BCUT2D eigenvalue weighted by molar-refractivity contribution is -0.113. The van der Waals surface area contributed by atoms with Gasteiger partial charge in [-0.15, -0.1) is 0 Å². The largest absolute Gasteiger partial charge is 0.508 e. The van der Waals surface area contributed by atoms with Gasteiger partial charge >= 0.3 is 0 Å². The lowest BCUT2D eigenvalue weighted by Gasteiger charge is -2.23. The van der Waals surface area contributed by atoms with Crippen LogP contribution in [0.3, 0.4) is 0 Å². The summed E-state index contributed by atoms with van der Waals surface area (Å²) >= 11 is 4.04. The summed E-state index contributed by atoms with van der Waals surface area (Å²) in [5.41, 5.74) is 3.61. The van der Waals surface area contributed by atoms with Crippen LogP contribution in [0, 0.1) is 0 Å². The number of phenolic OH excluding ortho intramolecular Hbond substituents is 3. The molecule has 0 radical (unpaired) electrons. The topological polar surface area (TPSA) is 94.8 Å². The van der Waals surface area contributed by atoms with E-state index in [1.165, 1.54) is 143 Å². The van der Waals surface area contributed by atoms with Crippen molar-refractivity contribution in [2.24, 2.45) is 0 Å². The number of benzene rings is 2. The summed E-state index contributed by atoms with van der Waals surface area (Å²) in [6.45, 7) is 11.2. The zero-order valence-corrected chi connectivity index (χ0v) is 31.2. The van der Waals surface area contributed by atoms with E-state index in [1.807, 2.05) is 11.8 Å². The number of unbranched alkanes of at least 4 members (excludes halogenated alkanes) is 10. The molecule has 1 aliphatic carbocycles. The number of aromatic hydroxyl groups is 3. The molecule has 3 rings (SSSR count). The van der Waals surface area contributed by atoms with Crippen molar-refractivity contribution in [3.63, 3.8) is 0 Å². The van der Waals surface area contributed by atoms with Crippen LogP contribution in [0.2, 0.25) is 0 Å². The second-order valence-corrected chi connectivity index (χ2v) is 15.2. The molecule has 0 bridgehead atoms. The molecule has 1 aliphatic rings. The molecule has 0 saturated heterocycles. The van der Waals surface area contributed by atoms with Crippen molar-refractivity contribution in [1.29, 1.82) is 0 Å². The monoisotopic (exact) mass is 684 g/mol. The number of allylic oxidation sites excluding steroid dienone is 4. The highest BCUT2D eigenvalue weighted by atomic mass is 32.2. The van der Waals surface area contributed by atoms with Crippen molar-refractivity contribution in [3.8, 4) is 17.2 Å². The molecule has 0 amide bonds. The molecule has 0 heterocycles. The number of carbonyl (C=O) groups excluding carboxylic acids is 2. The van der Waals surface area contributed by atoms with Crippen molar-refractivity contribution < 1.29 is 24.9 Å². The highest BCUT2D eigenvalue weighted by Crippen LogP contribution is 2.37. The van der Waals surface area contributed by atoms with Crippen LogP contribution in [0.5, 0.6) is 17.2 Å². The Morgan fingerprint density at radius 3 is 1.40 bits per heavy atom. The van der Waals surface area contributed by atoms with Gasteiger partial charge in [0.15, 0.2) is 11.6 Å². The van der Waals surface area contributed by atoms with Gasteiger partial charge < -0.3 is 15.3 Å². The Morgan fingerprint density at radius 1 is 0.574 bits per heavy atom. The Hall–Kier alpha value is -2.64. The fourth-order valence-corrected chi connectivity index (χ4v) is 6.71. The maximum absolute atomic E-state index is 10.9. The second kappa shape index (κ2) is 25.4.